The molecule has 1 heterocycles. The summed E-state index contributed by atoms with van der Waals surface area (Å²) in [5.74, 6) is -0.105. The highest BCUT2D eigenvalue weighted by molar-refractivity contribution is 5.79. The number of benzene rings is 2. The van der Waals surface area contributed by atoms with Crippen LogP contribution in [-0.2, 0) is 22.6 Å². The van der Waals surface area contributed by atoms with E-state index in [9.17, 15) is 9.59 Å². The van der Waals surface area contributed by atoms with Crippen molar-refractivity contribution in [2.45, 2.75) is 32.4 Å². The Bertz CT molecular complexity index is 852. The van der Waals surface area contributed by atoms with E-state index in [1.807, 2.05) is 30.3 Å². The first-order valence-electron chi connectivity index (χ1n) is 8.69. The summed E-state index contributed by atoms with van der Waals surface area (Å²) in [6.07, 6.45) is 1.06. The lowest BCUT2D eigenvalue weighted by Crippen LogP contribution is -2.41. The van der Waals surface area contributed by atoms with Crippen molar-refractivity contribution < 1.29 is 9.59 Å². The maximum atomic E-state index is 12.5. The molecule has 5 heteroatoms. The number of rotatable bonds is 4. The lowest BCUT2D eigenvalue weighted by Gasteiger charge is -2.36. The van der Waals surface area contributed by atoms with Gasteiger partial charge in [0.25, 0.3) is 0 Å². The number of nitriles is 1. The molecular formula is C21H21N3O2. The molecule has 1 aliphatic heterocycles. The maximum absolute atomic E-state index is 12.5. The van der Waals surface area contributed by atoms with E-state index in [0.717, 1.165) is 17.5 Å². The van der Waals surface area contributed by atoms with Crippen molar-refractivity contribution in [1.82, 2.24) is 10.2 Å². The summed E-state index contributed by atoms with van der Waals surface area (Å²) < 4.78 is 0. The molecule has 2 aromatic carbocycles. The van der Waals surface area contributed by atoms with Crippen LogP contribution < -0.4 is 5.32 Å². The van der Waals surface area contributed by atoms with E-state index in [4.69, 9.17) is 5.26 Å². The molecule has 0 aliphatic carbocycles. The van der Waals surface area contributed by atoms with E-state index in [2.05, 4.69) is 17.5 Å². The van der Waals surface area contributed by atoms with E-state index >= 15 is 0 Å². The molecule has 1 N–H and O–H groups in total. The summed E-state index contributed by atoms with van der Waals surface area (Å²) in [6.45, 7) is 2.59. The molecule has 2 aromatic rings. The van der Waals surface area contributed by atoms with Crippen LogP contribution in [0.3, 0.4) is 0 Å². The average Bonchev–Trinajstić information content (AvgIpc) is 2.66. The number of hydrogen-bond acceptors (Lipinski definition) is 3. The predicted octanol–water partition coefficient (Wildman–Crippen LogP) is 2.71. The van der Waals surface area contributed by atoms with Crippen molar-refractivity contribution >= 4 is 11.8 Å². The summed E-state index contributed by atoms with van der Waals surface area (Å²) >= 11 is 0. The summed E-state index contributed by atoms with van der Waals surface area (Å²) in [5, 5.41) is 11.7. The van der Waals surface area contributed by atoms with Crippen LogP contribution in [0.1, 0.15) is 41.6 Å². The fourth-order valence-electron chi connectivity index (χ4n) is 3.39. The van der Waals surface area contributed by atoms with Crippen LogP contribution in [-0.4, -0.2) is 23.3 Å². The fourth-order valence-corrected chi connectivity index (χ4v) is 3.39. The van der Waals surface area contributed by atoms with Gasteiger partial charge in [0, 0.05) is 20.0 Å². The molecule has 3 rings (SSSR count). The molecule has 1 unspecified atom stereocenters. The normalized spacial score (nSPS) is 15.7. The third-order valence-corrected chi connectivity index (χ3v) is 4.77. The molecule has 0 spiro atoms. The van der Waals surface area contributed by atoms with Crippen LogP contribution in [0.15, 0.2) is 48.5 Å². The lowest BCUT2D eigenvalue weighted by atomic mass is 9.90. The molecular weight excluding hydrogens is 326 g/mol. The minimum atomic E-state index is -0.224. The zero-order chi connectivity index (χ0) is 18.5. The van der Waals surface area contributed by atoms with E-state index in [0.29, 0.717) is 18.7 Å². The van der Waals surface area contributed by atoms with Crippen molar-refractivity contribution in [2.24, 2.45) is 0 Å². The number of hydrogen-bond donors (Lipinski definition) is 1. The minimum absolute atomic E-state index is 0.00982. The zero-order valence-corrected chi connectivity index (χ0v) is 14.7. The van der Waals surface area contributed by atoms with Gasteiger partial charge in [0.15, 0.2) is 0 Å². The van der Waals surface area contributed by atoms with Gasteiger partial charge in [-0.05, 0) is 35.2 Å². The number of nitrogens with zero attached hydrogens (tertiary/aromatic N) is 2. The van der Waals surface area contributed by atoms with Gasteiger partial charge >= 0.3 is 0 Å². The summed E-state index contributed by atoms with van der Waals surface area (Å²) in [6, 6.07) is 17.0. The van der Waals surface area contributed by atoms with Gasteiger partial charge < -0.3 is 10.2 Å². The molecule has 0 radical (unpaired) electrons. The summed E-state index contributed by atoms with van der Waals surface area (Å²) in [5.41, 5.74) is 3.79. The van der Waals surface area contributed by atoms with Crippen molar-refractivity contribution in [3.63, 3.8) is 0 Å². The van der Waals surface area contributed by atoms with E-state index < -0.39 is 0 Å². The first-order chi connectivity index (χ1) is 12.6. The zero-order valence-electron chi connectivity index (χ0n) is 14.7. The van der Waals surface area contributed by atoms with Gasteiger partial charge in [-0.15, -0.1) is 0 Å². The first kappa shape index (κ1) is 17.7. The highest BCUT2D eigenvalue weighted by Gasteiger charge is 2.30. The smallest absolute Gasteiger partial charge is 0.222 e. The Balaban J connectivity index is 1.68. The molecule has 132 valence electrons. The summed E-state index contributed by atoms with van der Waals surface area (Å²) in [4.78, 5) is 26.3. The highest BCUT2D eigenvalue weighted by atomic mass is 16.2. The van der Waals surface area contributed by atoms with Gasteiger partial charge in [0.1, 0.15) is 0 Å². The Morgan fingerprint density at radius 1 is 1.19 bits per heavy atom. The molecule has 0 bridgehead atoms. The number of nitrogens with one attached hydrogen (secondary N) is 1. The predicted molar refractivity (Wildman–Crippen MR) is 97.9 cm³/mol. The van der Waals surface area contributed by atoms with Crippen molar-refractivity contribution in [2.75, 3.05) is 6.54 Å². The Morgan fingerprint density at radius 3 is 2.62 bits per heavy atom. The highest BCUT2D eigenvalue weighted by Crippen LogP contribution is 2.32. The van der Waals surface area contributed by atoms with Crippen LogP contribution in [0, 0.1) is 11.3 Å². The van der Waals surface area contributed by atoms with Gasteiger partial charge in [-0.2, -0.15) is 5.26 Å². The van der Waals surface area contributed by atoms with E-state index in [1.54, 1.807) is 24.0 Å². The lowest BCUT2D eigenvalue weighted by molar-refractivity contribution is -0.133. The van der Waals surface area contributed by atoms with Crippen LogP contribution in [0.25, 0.3) is 0 Å². The Morgan fingerprint density at radius 2 is 1.92 bits per heavy atom. The Labute approximate surface area is 153 Å². The third-order valence-electron chi connectivity index (χ3n) is 4.77. The second kappa shape index (κ2) is 7.83. The van der Waals surface area contributed by atoms with Crippen molar-refractivity contribution in [1.29, 1.82) is 5.26 Å². The van der Waals surface area contributed by atoms with Crippen LogP contribution >= 0.6 is 0 Å². The molecule has 1 aliphatic rings. The third kappa shape index (κ3) is 3.92. The van der Waals surface area contributed by atoms with Gasteiger partial charge in [0.2, 0.25) is 11.8 Å². The largest absolute Gasteiger partial charge is 0.352 e. The molecule has 2 amide bonds. The number of carbonyl (C=O) groups is 2. The second-order valence-corrected chi connectivity index (χ2v) is 6.47. The van der Waals surface area contributed by atoms with Gasteiger partial charge in [-0.25, -0.2) is 0 Å². The van der Waals surface area contributed by atoms with Gasteiger partial charge in [0.05, 0.1) is 24.1 Å². The molecule has 0 aromatic heterocycles. The van der Waals surface area contributed by atoms with E-state index in [1.165, 1.54) is 5.56 Å². The van der Waals surface area contributed by atoms with Gasteiger partial charge in [-0.1, -0.05) is 36.4 Å². The van der Waals surface area contributed by atoms with Crippen LogP contribution in [0.4, 0.5) is 0 Å². The Hall–Kier alpha value is -3.13. The standard InChI is InChI=1S/C21H21N3O2/c1-15(25)24-11-10-18-4-2-3-5-19(18)20(24)12-21(26)23-14-17-8-6-16(13-22)7-9-17/h2-9,20H,10-12,14H2,1H3,(H,23,26). The summed E-state index contributed by atoms with van der Waals surface area (Å²) in [7, 11) is 0. The second-order valence-electron chi connectivity index (χ2n) is 6.47. The monoisotopic (exact) mass is 347 g/mol. The molecule has 5 nitrogen and oxygen atoms in total. The minimum Gasteiger partial charge on any atom is -0.352 e. The van der Waals surface area contributed by atoms with Gasteiger partial charge in [-0.3, -0.25) is 9.59 Å². The van der Waals surface area contributed by atoms with Crippen LogP contribution in [0.5, 0.6) is 0 Å². The molecule has 26 heavy (non-hydrogen) atoms. The van der Waals surface area contributed by atoms with Crippen molar-refractivity contribution in [3.8, 4) is 6.07 Å². The average molecular weight is 347 g/mol. The maximum Gasteiger partial charge on any atom is 0.222 e. The first-order valence-corrected chi connectivity index (χ1v) is 8.69. The number of fused-ring (bicyclic) bond motifs is 1. The topological polar surface area (TPSA) is 73.2 Å². The van der Waals surface area contributed by atoms with Crippen molar-refractivity contribution in [3.05, 3.63) is 70.8 Å². The molecule has 1 atom stereocenters. The SMILES string of the molecule is CC(=O)N1CCc2ccccc2C1CC(=O)NCc1ccc(C#N)cc1. The fraction of sp³-hybridized carbons (Fsp3) is 0.286. The molecule has 0 fully saturated rings. The number of amides is 2. The van der Waals surface area contributed by atoms with Crippen LogP contribution in [0.2, 0.25) is 0 Å². The quantitative estimate of drug-likeness (QED) is 0.924. The van der Waals surface area contributed by atoms with E-state index in [-0.39, 0.29) is 24.3 Å². The Kier molecular flexibility index (Phi) is 5.33. The molecule has 0 saturated carbocycles. The number of carbonyl (C=O) groups excluding carboxylic acids is 2. The molecule has 0 saturated heterocycles.